The van der Waals surface area contributed by atoms with Crippen LogP contribution in [-0.4, -0.2) is 5.71 Å². The van der Waals surface area contributed by atoms with Crippen molar-refractivity contribution in [3.05, 3.63) is 66.3 Å². The Morgan fingerprint density at radius 3 is 2.60 bits per heavy atom. The molecule has 1 N–H and O–H groups in total. The predicted molar refractivity (Wildman–Crippen MR) is 65.0 cm³/mol. The van der Waals surface area contributed by atoms with E-state index in [1.165, 1.54) is 5.56 Å². The summed E-state index contributed by atoms with van der Waals surface area (Å²) in [5.74, 6) is 0.121. The van der Waals surface area contributed by atoms with Gasteiger partial charge in [-0.15, -0.1) is 0 Å². The first-order valence-corrected chi connectivity index (χ1v) is 5.03. The second-order valence-electron chi connectivity index (χ2n) is 3.49. The summed E-state index contributed by atoms with van der Waals surface area (Å²) in [6, 6.07) is 10.1. The maximum absolute atomic E-state index is 7.72. The van der Waals surface area contributed by atoms with Crippen molar-refractivity contribution in [2.24, 2.45) is 5.92 Å². The maximum atomic E-state index is 7.72. The van der Waals surface area contributed by atoms with E-state index in [9.17, 15) is 0 Å². The van der Waals surface area contributed by atoms with Crippen LogP contribution in [-0.2, 0) is 0 Å². The van der Waals surface area contributed by atoms with Crippen LogP contribution < -0.4 is 0 Å². The molecule has 0 heterocycles. The minimum absolute atomic E-state index is 0.121. The number of hydrogen-bond donors (Lipinski definition) is 1. The Bertz CT molecular complexity index is 424. The molecule has 0 bridgehead atoms. The summed E-state index contributed by atoms with van der Waals surface area (Å²) in [4.78, 5) is 0. The van der Waals surface area contributed by atoms with Gasteiger partial charge in [-0.1, -0.05) is 60.7 Å². The predicted octanol–water partition coefficient (Wildman–Crippen LogP) is 3.46. The van der Waals surface area contributed by atoms with Gasteiger partial charge >= 0.3 is 0 Å². The van der Waals surface area contributed by atoms with Gasteiger partial charge in [0.05, 0.1) is 0 Å². The van der Waals surface area contributed by atoms with Gasteiger partial charge in [0.2, 0.25) is 0 Å². The molecule has 1 heteroatoms. The van der Waals surface area contributed by atoms with Crippen molar-refractivity contribution < 1.29 is 0 Å². The number of rotatable bonds is 2. The molecule has 0 saturated heterocycles. The van der Waals surface area contributed by atoms with E-state index < -0.39 is 0 Å². The Hall–Kier alpha value is -1.89. The number of nitrogens with one attached hydrogen (secondary N) is 1. The Kier molecular flexibility index (Phi) is 2.93. The zero-order valence-electron chi connectivity index (χ0n) is 8.43. The minimum Gasteiger partial charge on any atom is -0.304 e. The van der Waals surface area contributed by atoms with Crippen LogP contribution in [0.4, 0.5) is 0 Å². The molecule has 0 saturated carbocycles. The van der Waals surface area contributed by atoms with Crippen molar-refractivity contribution in [1.29, 1.82) is 5.41 Å². The second kappa shape index (κ2) is 4.56. The molecule has 0 unspecified atom stereocenters. The van der Waals surface area contributed by atoms with Crippen LogP contribution in [0, 0.1) is 11.3 Å². The summed E-state index contributed by atoms with van der Waals surface area (Å²) in [7, 11) is 0. The molecular formula is C14H13N. The minimum atomic E-state index is 0.121. The van der Waals surface area contributed by atoms with Gasteiger partial charge in [0, 0.05) is 11.6 Å². The highest BCUT2D eigenvalue weighted by atomic mass is 14.4. The molecular weight excluding hydrogens is 182 g/mol. The quantitative estimate of drug-likeness (QED) is 0.747. The zero-order chi connectivity index (χ0) is 10.5. The maximum Gasteiger partial charge on any atom is 0.0420 e. The number of allylic oxidation sites excluding steroid dienone is 5. The smallest absolute Gasteiger partial charge is 0.0420 e. The molecule has 1 aliphatic rings. The molecule has 1 aliphatic carbocycles. The number of hydrogen-bond acceptors (Lipinski definition) is 1. The van der Waals surface area contributed by atoms with Crippen molar-refractivity contribution in [3.63, 3.8) is 0 Å². The molecule has 0 aliphatic heterocycles. The fourth-order valence-electron chi connectivity index (χ4n) is 1.50. The fourth-order valence-corrected chi connectivity index (χ4v) is 1.50. The molecule has 0 amide bonds. The van der Waals surface area contributed by atoms with E-state index in [0.29, 0.717) is 5.71 Å². The molecule has 1 nitrogen and oxygen atoms in total. The lowest BCUT2D eigenvalue weighted by Crippen LogP contribution is -2.07. The van der Waals surface area contributed by atoms with E-state index in [0.717, 1.165) is 0 Å². The zero-order valence-corrected chi connectivity index (χ0v) is 8.43. The monoisotopic (exact) mass is 195 g/mol. The molecule has 2 rings (SSSR count). The van der Waals surface area contributed by atoms with Crippen molar-refractivity contribution >= 4 is 11.8 Å². The van der Waals surface area contributed by atoms with Crippen LogP contribution in [0.5, 0.6) is 0 Å². The molecule has 0 spiro atoms. The molecule has 1 aromatic rings. The van der Waals surface area contributed by atoms with E-state index in [-0.39, 0.29) is 5.92 Å². The van der Waals surface area contributed by atoms with Crippen molar-refractivity contribution in [1.82, 2.24) is 0 Å². The number of benzene rings is 1. The van der Waals surface area contributed by atoms with Crippen LogP contribution in [0.25, 0.3) is 6.08 Å². The highest BCUT2D eigenvalue weighted by Crippen LogP contribution is 2.12. The molecule has 15 heavy (non-hydrogen) atoms. The molecule has 1 atom stereocenters. The van der Waals surface area contributed by atoms with Gasteiger partial charge in [-0.05, 0) is 11.6 Å². The highest BCUT2D eigenvalue weighted by molar-refractivity contribution is 5.98. The van der Waals surface area contributed by atoms with E-state index in [1.54, 1.807) is 0 Å². The summed E-state index contributed by atoms with van der Waals surface area (Å²) < 4.78 is 0. The Morgan fingerprint density at radius 2 is 1.87 bits per heavy atom. The lowest BCUT2D eigenvalue weighted by Gasteiger charge is -2.08. The Labute approximate surface area is 90.0 Å². The van der Waals surface area contributed by atoms with E-state index in [2.05, 4.69) is 24.3 Å². The average Bonchev–Trinajstić information content (AvgIpc) is 2.29. The van der Waals surface area contributed by atoms with Gasteiger partial charge < -0.3 is 5.41 Å². The lowest BCUT2D eigenvalue weighted by atomic mass is 9.97. The van der Waals surface area contributed by atoms with Crippen LogP contribution in [0.2, 0.25) is 0 Å². The van der Waals surface area contributed by atoms with Crippen LogP contribution in [0.3, 0.4) is 0 Å². The Balaban J connectivity index is 2.09. The van der Waals surface area contributed by atoms with Gasteiger partial charge in [0.15, 0.2) is 0 Å². The summed E-state index contributed by atoms with van der Waals surface area (Å²) >= 11 is 0. The van der Waals surface area contributed by atoms with E-state index in [1.807, 2.05) is 42.5 Å². The molecule has 74 valence electrons. The van der Waals surface area contributed by atoms with Gasteiger partial charge in [-0.2, -0.15) is 0 Å². The second-order valence-corrected chi connectivity index (χ2v) is 3.49. The van der Waals surface area contributed by atoms with Crippen molar-refractivity contribution in [2.75, 3.05) is 0 Å². The standard InChI is InChI=1S/C14H13N/c15-14-9-5-4-8-13(14)11-10-12-6-2-1-3-7-12/h1-11,13,15H/b11-10+,15-14?/t13-/m1/s1. The molecule has 0 radical (unpaired) electrons. The van der Waals surface area contributed by atoms with Gasteiger partial charge in [0.25, 0.3) is 0 Å². The van der Waals surface area contributed by atoms with Crippen LogP contribution in [0.1, 0.15) is 5.56 Å². The van der Waals surface area contributed by atoms with Crippen LogP contribution in [0.15, 0.2) is 60.7 Å². The average molecular weight is 195 g/mol. The summed E-state index contributed by atoms with van der Waals surface area (Å²) in [5, 5.41) is 7.72. The largest absolute Gasteiger partial charge is 0.304 e. The summed E-state index contributed by atoms with van der Waals surface area (Å²) in [6.45, 7) is 0. The fraction of sp³-hybridized carbons (Fsp3) is 0.0714. The lowest BCUT2D eigenvalue weighted by molar-refractivity contribution is 1.12. The van der Waals surface area contributed by atoms with Crippen molar-refractivity contribution in [3.8, 4) is 0 Å². The topological polar surface area (TPSA) is 23.9 Å². The third kappa shape index (κ3) is 2.53. The first-order chi connectivity index (χ1) is 7.36. The first-order valence-electron chi connectivity index (χ1n) is 5.03. The molecule has 0 fully saturated rings. The third-order valence-corrected chi connectivity index (χ3v) is 2.36. The summed E-state index contributed by atoms with van der Waals surface area (Å²) in [5.41, 5.74) is 1.82. The summed E-state index contributed by atoms with van der Waals surface area (Å²) in [6.07, 6.45) is 11.9. The van der Waals surface area contributed by atoms with Gasteiger partial charge in [0.1, 0.15) is 0 Å². The first kappa shape index (κ1) is 9.66. The third-order valence-electron chi connectivity index (χ3n) is 2.36. The SMILES string of the molecule is N=C1C=CC=C[C@@H]1/C=C/c1ccccc1. The molecule has 0 aromatic heterocycles. The van der Waals surface area contributed by atoms with E-state index in [4.69, 9.17) is 5.41 Å². The molecule has 1 aromatic carbocycles. The normalized spacial score (nSPS) is 20.0. The highest BCUT2D eigenvalue weighted by Gasteiger charge is 2.06. The van der Waals surface area contributed by atoms with E-state index >= 15 is 0 Å². The van der Waals surface area contributed by atoms with Gasteiger partial charge in [-0.3, -0.25) is 0 Å². The van der Waals surface area contributed by atoms with Crippen molar-refractivity contribution in [2.45, 2.75) is 0 Å². The Morgan fingerprint density at radius 1 is 1.07 bits per heavy atom. The van der Waals surface area contributed by atoms with Gasteiger partial charge in [-0.25, -0.2) is 0 Å². The van der Waals surface area contributed by atoms with Crippen LogP contribution >= 0.6 is 0 Å².